The molecule has 0 aromatic rings. The van der Waals surface area contributed by atoms with Gasteiger partial charge < -0.3 is 4.74 Å². The highest BCUT2D eigenvalue weighted by Crippen LogP contribution is 2.30. The summed E-state index contributed by atoms with van der Waals surface area (Å²) in [4.78, 5) is 12.0. The van der Waals surface area contributed by atoms with Crippen molar-refractivity contribution in [2.75, 3.05) is 6.54 Å². The Morgan fingerprint density at radius 2 is 1.72 bits per heavy atom. The molecular weight excluding hydrogens is 256 g/mol. The first-order chi connectivity index (χ1) is 7.84. The van der Waals surface area contributed by atoms with Crippen LogP contribution in [0.3, 0.4) is 0 Å². The van der Waals surface area contributed by atoms with Crippen molar-refractivity contribution in [3.8, 4) is 0 Å². The van der Waals surface area contributed by atoms with Gasteiger partial charge in [0.2, 0.25) is 0 Å². The average molecular weight is 278 g/mol. The molecule has 1 rings (SSSR count). The van der Waals surface area contributed by atoms with Gasteiger partial charge in [-0.3, -0.25) is 0 Å². The second kappa shape index (κ2) is 4.38. The number of amides is 1. The van der Waals surface area contributed by atoms with Gasteiger partial charge in [-0.15, -0.1) is 0 Å². The van der Waals surface area contributed by atoms with Gasteiger partial charge in [0.25, 0.3) is 0 Å². The van der Waals surface area contributed by atoms with Crippen molar-refractivity contribution >= 4 is 16.3 Å². The molecule has 1 saturated heterocycles. The highest BCUT2D eigenvalue weighted by Gasteiger charge is 2.47. The number of hydrogen-bond donors (Lipinski definition) is 1. The number of hydrogen-bond acceptors (Lipinski definition) is 4. The lowest BCUT2D eigenvalue weighted by molar-refractivity contribution is 0.0285. The van der Waals surface area contributed by atoms with Crippen LogP contribution in [0, 0.1) is 5.41 Å². The molecule has 1 aliphatic heterocycles. The van der Waals surface area contributed by atoms with E-state index < -0.39 is 27.9 Å². The molecule has 18 heavy (non-hydrogen) atoms. The number of nitrogens with one attached hydrogen (secondary N) is 1. The van der Waals surface area contributed by atoms with Crippen LogP contribution in [0.25, 0.3) is 0 Å². The van der Waals surface area contributed by atoms with Gasteiger partial charge in [0, 0.05) is 6.54 Å². The van der Waals surface area contributed by atoms with Gasteiger partial charge in [-0.25, -0.2) is 4.79 Å². The molecule has 0 aromatic carbocycles. The van der Waals surface area contributed by atoms with Gasteiger partial charge in [-0.1, -0.05) is 20.8 Å². The minimum Gasteiger partial charge on any atom is -0.443 e. The number of nitrogens with zero attached hydrogens (tertiary/aromatic N) is 1. The minimum absolute atomic E-state index is 0.213. The normalized spacial score (nSPS) is 24.1. The Bertz CT molecular complexity index is 431. The van der Waals surface area contributed by atoms with Crippen molar-refractivity contribution in [1.29, 1.82) is 0 Å². The molecule has 1 aliphatic rings. The maximum atomic E-state index is 12.0. The summed E-state index contributed by atoms with van der Waals surface area (Å²) in [6, 6.07) is -0.447. The number of carbonyl (C=O) groups excluding carboxylic acids is 1. The lowest BCUT2D eigenvalue weighted by Crippen LogP contribution is -2.48. The van der Waals surface area contributed by atoms with Crippen molar-refractivity contribution in [3.63, 3.8) is 0 Å². The van der Waals surface area contributed by atoms with Gasteiger partial charge in [0.1, 0.15) is 5.60 Å². The lowest BCUT2D eigenvalue weighted by atomic mass is 9.87. The molecule has 1 heterocycles. The predicted molar refractivity (Wildman–Crippen MR) is 68.2 cm³/mol. The van der Waals surface area contributed by atoms with E-state index in [1.165, 1.54) is 0 Å². The summed E-state index contributed by atoms with van der Waals surface area (Å²) < 4.78 is 32.1. The molecule has 1 atom stereocenters. The number of carbonyl (C=O) groups is 1. The van der Waals surface area contributed by atoms with Crippen LogP contribution < -0.4 is 4.72 Å². The van der Waals surface area contributed by atoms with E-state index in [2.05, 4.69) is 4.72 Å². The second-order valence-electron chi connectivity index (χ2n) is 6.51. The Morgan fingerprint density at radius 3 is 2.11 bits per heavy atom. The van der Waals surface area contributed by atoms with Crippen LogP contribution in [-0.4, -0.2) is 37.0 Å². The first kappa shape index (κ1) is 15.2. The molecule has 0 saturated carbocycles. The summed E-state index contributed by atoms with van der Waals surface area (Å²) >= 11 is 0. The number of ether oxygens (including phenoxy) is 1. The fraction of sp³-hybridized carbons (Fsp3) is 0.909. The molecule has 6 nitrogen and oxygen atoms in total. The summed E-state index contributed by atoms with van der Waals surface area (Å²) in [6.07, 6.45) is -0.826. The first-order valence-corrected chi connectivity index (χ1v) is 7.30. The van der Waals surface area contributed by atoms with E-state index in [1.54, 1.807) is 20.8 Å². The summed E-state index contributed by atoms with van der Waals surface area (Å²) in [5.74, 6) is 0. The maximum absolute atomic E-state index is 12.0. The zero-order valence-electron chi connectivity index (χ0n) is 11.8. The summed E-state index contributed by atoms with van der Waals surface area (Å²) in [7, 11) is -3.78. The van der Waals surface area contributed by atoms with E-state index in [1.807, 2.05) is 20.8 Å². The maximum Gasteiger partial charge on any atom is 0.425 e. The average Bonchev–Trinajstić information content (AvgIpc) is 2.36. The smallest absolute Gasteiger partial charge is 0.425 e. The Kier molecular flexibility index (Phi) is 3.71. The molecule has 1 unspecified atom stereocenters. The summed E-state index contributed by atoms with van der Waals surface area (Å²) in [5.41, 5.74) is -1.08. The predicted octanol–water partition coefficient (Wildman–Crippen LogP) is 1.49. The first-order valence-electron chi connectivity index (χ1n) is 5.86. The molecule has 7 heteroatoms. The second-order valence-corrected chi connectivity index (χ2v) is 8.14. The standard InChI is InChI=1S/C11H22N2O4S/c1-10(2,3)8-7-12-18(15,16)13(8)9(14)17-11(4,5)6/h8,12H,7H2,1-6H3. The van der Waals surface area contributed by atoms with Gasteiger partial charge in [-0.05, 0) is 26.2 Å². The molecule has 0 radical (unpaired) electrons. The van der Waals surface area contributed by atoms with Crippen molar-refractivity contribution < 1.29 is 17.9 Å². The number of rotatable bonds is 0. The van der Waals surface area contributed by atoms with E-state index in [0.29, 0.717) is 0 Å². The SMILES string of the molecule is CC(C)(C)OC(=O)N1C(C(C)(C)C)CNS1(=O)=O. The topological polar surface area (TPSA) is 75.7 Å². The van der Waals surface area contributed by atoms with Crippen LogP contribution in [0.2, 0.25) is 0 Å². The van der Waals surface area contributed by atoms with Crippen LogP contribution in [0.5, 0.6) is 0 Å². The molecule has 1 N–H and O–H groups in total. The van der Waals surface area contributed by atoms with Crippen LogP contribution >= 0.6 is 0 Å². The van der Waals surface area contributed by atoms with Crippen LogP contribution in [0.15, 0.2) is 0 Å². The zero-order chi connectivity index (χ0) is 14.4. The highest BCUT2D eigenvalue weighted by atomic mass is 32.2. The van der Waals surface area contributed by atoms with Crippen molar-refractivity contribution in [1.82, 2.24) is 9.03 Å². The van der Waals surface area contributed by atoms with Crippen molar-refractivity contribution in [2.45, 2.75) is 53.2 Å². The van der Waals surface area contributed by atoms with E-state index >= 15 is 0 Å². The van der Waals surface area contributed by atoms with Crippen molar-refractivity contribution in [2.24, 2.45) is 5.41 Å². The molecular formula is C11H22N2O4S. The highest BCUT2D eigenvalue weighted by molar-refractivity contribution is 7.87. The molecule has 1 amide bonds. The van der Waals surface area contributed by atoms with E-state index in [0.717, 1.165) is 4.31 Å². The van der Waals surface area contributed by atoms with E-state index in [4.69, 9.17) is 4.74 Å². The van der Waals surface area contributed by atoms with Gasteiger partial charge in [0.15, 0.2) is 0 Å². The fourth-order valence-electron chi connectivity index (χ4n) is 1.69. The molecule has 0 aromatic heterocycles. The van der Waals surface area contributed by atoms with Crippen LogP contribution in [-0.2, 0) is 14.9 Å². The van der Waals surface area contributed by atoms with Crippen LogP contribution in [0.4, 0.5) is 4.79 Å². The molecule has 0 bridgehead atoms. The Balaban J connectivity index is 3.04. The van der Waals surface area contributed by atoms with Gasteiger partial charge in [0.05, 0.1) is 6.04 Å². The molecule has 106 valence electrons. The molecule has 1 fully saturated rings. The third-order valence-electron chi connectivity index (χ3n) is 2.57. The van der Waals surface area contributed by atoms with Crippen LogP contribution in [0.1, 0.15) is 41.5 Å². The zero-order valence-corrected chi connectivity index (χ0v) is 12.6. The Morgan fingerprint density at radius 1 is 1.22 bits per heavy atom. The Hall–Kier alpha value is -0.820. The van der Waals surface area contributed by atoms with Gasteiger partial charge >= 0.3 is 16.3 Å². The van der Waals surface area contributed by atoms with Crippen molar-refractivity contribution in [3.05, 3.63) is 0 Å². The van der Waals surface area contributed by atoms with E-state index in [9.17, 15) is 13.2 Å². The molecule has 0 spiro atoms. The Labute approximate surface area is 109 Å². The quantitative estimate of drug-likeness (QED) is 0.728. The minimum atomic E-state index is -3.78. The van der Waals surface area contributed by atoms with E-state index in [-0.39, 0.29) is 12.0 Å². The third kappa shape index (κ3) is 3.35. The third-order valence-corrected chi connectivity index (χ3v) is 4.03. The fourth-order valence-corrected chi connectivity index (χ4v) is 3.16. The van der Waals surface area contributed by atoms with Gasteiger partial charge in [-0.2, -0.15) is 17.4 Å². The lowest BCUT2D eigenvalue weighted by Gasteiger charge is -2.33. The summed E-state index contributed by atoms with van der Waals surface area (Å²) in [6.45, 7) is 11.0. The molecule has 0 aliphatic carbocycles. The largest absolute Gasteiger partial charge is 0.443 e. The summed E-state index contributed by atoms with van der Waals surface area (Å²) in [5, 5.41) is 0. The monoisotopic (exact) mass is 278 g/mol.